The first kappa shape index (κ1) is 13.5. The van der Waals surface area contributed by atoms with Crippen LogP contribution in [-0.2, 0) is 14.4 Å². The lowest BCUT2D eigenvalue weighted by molar-refractivity contribution is -0.181. The van der Waals surface area contributed by atoms with E-state index in [-0.39, 0.29) is 19.5 Å². The zero-order valence-corrected chi connectivity index (χ0v) is 10.5. The summed E-state index contributed by atoms with van der Waals surface area (Å²) < 4.78 is 0. The summed E-state index contributed by atoms with van der Waals surface area (Å²) in [5.41, 5.74) is 0. The molecule has 6 nitrogen and oxygen atoms in total. The summed E-state index contributed by atoms with van der Waals surface area (Å²) in [6.45, 7) is 7.17. The Hall–Kier alpha value is -1.95. The van der Waals surface area contributed by atoms with Crippen molar-refractivity contribution in [3.8, 4) is 0 Å². The molecule has 0 spiro atoms. The van der Waals surface area contributed by atoms with E-state index < -0.39 is 35.8 Å². The lowest BCUT2D eigenvalue weighted by Crippen LogP contribution is -2.64. The predicted octanol–water partition coefficient (Wildman–Crippen LogP) is -0.490. The highest BCUT2D eigenvalue weighted by molar-refractivity contribution is 6.11. The van der Waals surface area contributed by atoms with E-state index in [1.54, 1.807) is 0 Å². The molecule has 0 saturated carbocycles. The second kappa shape index (κ2) is 4.97. The molecule has 2 aliphatic rings. The van der Waals surface area contributed by atoms with Gasteiger partial charge in [0.05, 0.1) is 5.92 Å². The molecule has 2 heterocycles. The van der Waals surface area contributed by atoms with E-state index in [1.165, 1.54) is 12.2 Å². The number of hydrogen-bond donors (Lipinski definition) is 1. The van der Waals surface area contributed by atoms with Crippen LogP contribution in [0.4, 0.5) is 0 Å². The van der Waals surface area contributed by atoms with Crippen LogP contribution in [0.3, 0.4) is 0 Å². The van der Waals surface area contributed by atoms with Crippen molar-refractivity contribution in [2.24, 2.45) is 11.8 Å². The fourth-order valence-electron chi connectivity index (χ4n) is 2.60. The lowest BCUT2D eigenvalue weighted by Gasteiger charge is -2.45. The number of carbonyl (C=O) groups is 3. The summed E-state index contributed by atoms with van der Waals surface area (Å²) >= 11 is 0. The van der Waals surface area contributed by atoms with Crippen molar-refractivity contribution in [1.29, 1.82) is 0 Å². The number of amides is 3. The number of likely N-dealkylation sites (tertiary alicyclic amines) is 2. The van der Waals surface area contributed by atoms with Gasteiger partial charge in [-0.3, -0.25) is 19.3 Å². The van der Waals surface area contributed by atoms with Crippen LogP contribution >= 0.6 is 0 Å². The molecule has 19 heavy (non-hydrogen) atoms. The maximum absolute atomic E-state index is 12.1. The fourth-order valence-corrected chi connectivity index (χ4v) is 2.60. The third kappa shape index (κ3) is 1.98. The normalized spacial score (nSPS) is 30.6. The van der Waals surface area contributed by atoms with Gasteiger partial charge in [0.2, 0.25) is 17.7 Å². The van der Waals surface area contributed by atoms with Crippen molar-refractivity contribution >= 4 is 17.7 Å². The molecule has 2 rings (SSSR count). The zero-order valence-electron chi connectivity index (χ0n) is 10.5. The van der Waals surface area contributed by atoms with Gasteiger partial charge in [0.1, 0.15) is 12.1 Å². The molecule has 6 heteroatoms. The maximum Gasteiger partial charge on any atom is 0.242 e. The molecule has 3 atom stereocenters. The summed E-state index contributed by atoms with van der Waals surface area (Å²) in [6.07, 6.45) is 1.77. The molecule has 2 aliphatic heterocycles. The van der Waals surface area contributed by atoms with Crippen LogP contribution in [0.15, 0.2) is 25.3 Å². The number of piperidine rings is 2. The Bertz CT molecular complexity index is 458. The van der Waals surface area contributed by atoms with Crippen molar-refractivity contribution in [3.05, 3.63) is 25.3 Å². The van der Waals surface area contributed by atoms with Gasteiger partial charge >= 0.3 is 0 Å². The minimum Gasteiger partial charge on any atom is -0.373 e. The van der Waals surface area contributed by atoms with Crippen molar-refractivity contribution in [3.63, 3.8) is 0 Å². The number of hydrogen-bond acceptors (Lipinski definition) is 4. The standard InChI is InChI=1S/C13H16N2O4/c1-3-5-14-10(16)8-7-9(11(14)17)13(19)15(6-4-2)12(8)18/h3-4,8-10,16H,1-2,5-7H2/t8-,9+,10-/m1/s1. The molecule has 0 aromatic carbocycles. The van der Waals surface area contributed by atoms with Gasteiger partial charge in [-0.05, 0) is 6.42 Å². The van der Waals surface area contributed by atoms with Crippen LogP contribution in [0.5, 0.6) is 0 Å². The van der Waals surface area contributed by atoms with Crippen LogP contribution in [0, 0.1) is 11.8 Å². The minimum atomic E-state index is -1.20. The van der Waals surface area contributed by atoms with Gasteiger partial charge in [0.25, 0.3) is 0 Å². The monoisotopic (exact) mass is 264 g/mol. The molecule has 2 fully saturated rings. The van der Waals surface area contributed by atoms with Gasteiger partial charge in [-0.25, -0.2) is 0 Å². The van der Waals surface area contributed by atoms with Crippen molar-refractivity contribution in [2.75, 3.05) is 13.1 Å². The van der Waals surface area contributed by atoms with Gasteiger partial charge in [0.15, 0.2) is 0 Å². The van der Waals surface area contributed by atoms with E-state index in [1.807, 2.05) is 0 Å². The van der Waals surface area contributed by atoms with E-state index in [0.29, 0.717) is 0 Å². The van der Waals surface area contributed by atoms with E-state index in [0.717, 1.165) is 9.80 Å². The van der Waals surface area contributed by atoms with Crippen LogP contribution < -0.4 is 0 Å². The average Bonchev–Trinajstić information content (AvgIpc) is 2.39. The molecule has 0 aromatic rings. The van der Waals surface area contributed by atoms with E-state index in [2.05, 4.69) is 13.2 Å². The van der Waals surface area contributed by atoms with E-state index in [4.69, 9.17) is 0 Å². The van der Waals surface area contributed by atoms with Gasteiger partial charge in [-0.2, -0.15) is 0 Å². The minimum absolute atomic E-state index is 0.0616. The Morgan fingerprint density at radius 2 is 1.74 bits per heavy atom. The largest absolute Gasteiger partial charge is 0.373 e. The highest BCUT2D eigenvalue weighted by Crippen LogP contribution is 2.34. The first-order valence-electron chi connectivity index (χ1n) is 6.08. The van der Waals surface area contributed by atoms with Gasteiger partial charge in [-0.1, -0.05) is 12.2 Å². The Morgan fingerprint density at radius 1 is 1.11 bits per heavy atom. The molecule has 2 saturated heterocycles. The Kier molecular flexibility index (Phi) is 3.53. The molecule has 0 aliphatic carbocycles. The summed E-state index contributed by atoms with van der Waals surface area (Å²) in [4.78, 5) is 38.5. The SMILES string of the molecule is C=CCN1C(=O)[C@H]2C[C@@H](C1=O)[C@@H](O)N(CC=C)C2=O. The number of fused-ring (bicyclic) bond motifs is 2. The smallest absolute Gasteiger partial charge is 0.242 e. The summed E-state index contributed by atoms with van der Waals surface area (Å²) in [5.74, 6) is -3.04. The summed E-state index contributed by atoms with van der Waals surface area (Å²) in [5, 5.41) is 10.1. The second-order valence-corrected chi connectivity index (χ2v) is 4.66. The molecular formula is C13H16N2O4. The third-order valence-electron chi connectivity index (χ3n) is 3.53. The summed E-state index contributed by atoms with van der Waals surface area (Å²) in [6, 6.07) is 0. The fraction of sp³-hybridized carbons (Fsp3) is 0.462. The maximum atomic E-state index is 12.1. The lowest BCUT2D eigenvalue weighted by atomic mass is 9.81. The Balaban J connectivity index is 2.34. The Morgan fingerprint density at radius 3 is 2.32 bits per heavy atom. The van der Waals surface area contributed by atoms with Crippen molar-refractivity contribution in [1.82, 2.24) is 9.80 Å². The number of carbonyl (C=O) groups excluding carboxylic acids is 3. The number of aliphatic hydroxyl groups is 1. The topological polar surface area (TPSA) is 77.9 Å². The van der Waals surface area contributed by atoms with Gasteiger partial charge < -0.3 is 10.0 Å². The van der Waals surface area contributed by atoms with Crippen LogP contribution in [0.1, 0.15) is 6.42 Å². The predicted molar refractivity (Wildman–Crippen MR) is 66.4 cm³/mol. The van der Waals surface area contributed by atoms with Gasteiger partial charge in [-0.15, -0.1) is 13.2 Å². The number of imide groups is 1. The first-order chi connectivity index (χ1) is 9.02. The van der Waals surface area contributed by atoms with Crippen molar-refractivity contribution < 1.29 is 19.5 Å². The van der Waals surface area contributed by atoms with E-state index >= 15 is 0 Å². The number of nitrogens with zero attached hydrogens (tertiary/aromatic N) is 2. The number of rotatable bonds is 4. The first-order valence-corrected chi connectivity index (χ1v) is 6.08. The molecule has 3 amide bonds. The molecule has 102 valence electrons. The second-order valence-electron chi connectivity index (χ2n) is 4.66. The van der Waals surface area contributed by atoms with Crippen LogP contribution in [0.2, 0.25) is 0 Å². The highest BCUT2D eigenvalue weighted by atomic mass is 16.3. The quantitative estimate of drug-likeness (QED) is 0.422. The average molecular weight is 264 g/mol. The summed E-state index contributed by atoms with van der Waals surface area (Å²) in [7, 11) is 0. The zero-order chi connectivity index (χ0) is 14.2. The van der Waals surface area contributed by atoms with Gasteiger partial charge in [0, 0.05) is 13.1 Å². The molecule has 1 N–H and O–H groups in total. The van der Waals surface area contributed by atoms with Crippen LogP contribution in [0.25, 0.3) is 0 Å². The third-order valence-corrected chi connectivity index (χ3v) is 3.53. The molecule has 2 bridgehead atoms. The molecule has 0 aromatic heterocycles. The Labute approximate surface area is 111 Å². The number of aliphatic hydroxyl groups excluding tert-OH is 1. The van der Waals surface area contributed by atoms with E-state index in [9.17, 15) is 19.5 Å². The highest BCUT2D eigenvalue weighted by Gasteiger charge is 2.53. The van der Waals surface area contributed by atoms with Crippen molar-refractivity contribution in [2.45, 2.75) is 12.6 Å². The molecular weight excluding hydrogens is 248 g/mol. The molecule has 0 radical (unpaired) electrons. The van der Waals surface area contributed by atoms with Crippen LogP contribution in [-0.4, -0.2) is 51.9 Å². The molecule has 0 unspecified atom stereocenters.